The summed E-state index contributed by atoms with van der Waals surface area (Å²) in [5, 5.41) is 0. The van der Waals surface area contributed by atoms with Crippen LogP contribution in [-0.4, -0.2) is 13.0 Å². The fraction of sp³-hybridized carbons (Fsp3) is 1.00. The van der Waals surface area contributed by atoms with E-state index in [0.29, 0.717) is 0 Å². The highest BCUT2D eigenvalue weighted by Crippen LogP contribution is 2.30. The van der Waals surface area contributed by atoms with Gasteiger partial charge in [-0.15, -0.1) is 19.0 Å². The fourth-order valence-electron chi connectivity index (χ4n) is 0.414. The summed E-state index contributed by atoms with van der Waals surface area (Å²) in [5.41, 5.74) is -5.29. The van der Waals surface area contributed by atoms with Gasteiger partial charge in [0.2, 0.25) is 0 Å². The molecule has 0 heterocycles. The van der Waals surface area contributed by atoms with E-state index in [4.69, 9.17) is 0 Å². The maximum Gasteiger partial charge on any atom is 0.640 e. The molecule has 3 nitrogen and oxygen atoms in total. The Morgan fingerprint density at radius 2 is 1.83 bits per heavy atom. The van der Waals surface area contributed by atoms with Gasteiger partial charge in [-0.05, 0) is 4.21 Å². The predicted octanol–water partition coefficient (Wildman–Crippen LogP) is 1.19. The minimum absolute atomic E-state index is 0.137. The molecule has 0 bridgehead atoms. The van der Waals surface area contributed by atoms with E-state index in [1.54, 1.807) is 13.8 Å². The molecule has 0 rings (SSSR count). The van der Waals surface area contributed by atoms with Crippen molar-refractivity contribution in [3.8, 4) is 0 Å². The highest BCUT2D eigenvalue weighted by Gasteiger charge is 2.61. The zero-order chi connectivity index (χ0) is 9.99. The molecule has 1 atom stereocenters. The number of hydrogen-bond acceptors (Lipinski definition) is 2. The van der Waals surface area contributed by atoms with Crippen molar-refractivity contribution < 1.29 is 26.0 Å². The zero-order valence-electron chi connectivity index (χ0n) is 6.84. The van der Waals surface area contributed by atoms with Crippen LogP contribution in [0.15, 0.2) is 0 Å². The van der Waals surface area contributed by atoms with Gasteiger partial charge < -0.3 is 4.10 Å². The molecule has 0 aromatic heterocycles. The fourth-order valence-corrected chi connectivity index (χ4v) is 1.24. The van der Waals surface area contributed by atoms with Crippen LogP contribution in [0.25, 0.3) is 0 Å². The first-order chi connectivity index (χ1) is 5.17. The van der Waals surface area contributed by atoms with Crippen molar-refractivity contribution in [3.05, 3.63) is 0 Å². The molecular formula is C4H9BF3O3S. The van der Waals surface area contributed by atoms with Gasteiger partial charge in [-0.1, -0.05) is 13.8 Å². The summed E-state index contributed by atoms with van der Waals surface area (Å²) in [6, 6.07) is 0. The van der Waals surface area contributed by atoms with Gasteiger partial charge in [-0.2, -0.15) is 0 Å². The van der Waals surface area contributed by atoms with Gasteiger partial charge in [0, 0.05) is 0 Å². The third kappa shape index (κ3) is 3.55. The van der Waals surface area contributed by atoms with Crippen LogP contribution in [0.5, 0.6) is 0 Å². The second-order valence-corrected chi connectivity index (χ2v) is 4.74. The Balaban J connectivity index is 4.16. The van der Waals surface area contributed by atoms with Crippen molar-refractivity contribution in [2.24, 2.45) is 0 Å². The minimum Gasteiger partial charge on any atom is -0.364 e. The lowest BCUT2D eigenvalue weighted by Crippen LogP contribution is -2.32. The smallest absolute Gasteiger partial charge is 0.364 e. The van der Waals surface area contributed by atoms with Crippen molar-refractivity contribution in [2.75, 3.05) is 0 Å². The van der Waals surface area contributed by atoms with E-state index in [0.717, 1.165) is 0 Å². The maximum atomic E-state index is 11.6. The molecule has 0 saturated heterocycles. The molecule has 0 spiro atoms. The second-order valence-electron chi connectivity index (χ2n) is 3.03. The lowest BCUT2D eigenvalue weighted by Gasteiger charge is -2.11. The second kappa shape index (κ2) is 3.76. The van der Waals surface area contributed by atoms with Crippen LogP contribution in [0.1, 0.15) is 13.8 Å². The summed E-state index contributed by atoms with van der Waals surface area (Å²) in [6.07, 6.45) is 0. The maximum absolute atomic E-state index is 11.6. The van der Waals surface area contributed by atoms with E-state index in [1.165, 1.54) is 0 Å². The molecule has 0 aromatic carbocycles. The monoisotopic (exact) mass is 205 g/mol. The third-order valence-electron chi connectivity index (χ3n) is 1.07. The van der Waals surface area contributed by atoms with Gasteiger partial charge >= 0.3 is 16.0 Å². The Morgan fingerprint density at radius 3 is 2.08 bits per heavy atom. The molecule has 1 radical (unpaired) electrons. The van der Waals surface area contributed by atoms with Crippen LogP contribution >= 0.6 is 0 Å². The van der Waals surface area contributed by atoms with Crippen molar-refractivity contribution in [2.45, 2.75) is 25.2 Å². The SMILES string of the molecule is CC(C)[BH2-]O[S+]([O])(=O)C(F)(F)F. The summed E-state index contributed by atoms with van der Waals surface area (Å²) < 4.78 is 59.1. The molecule has 0 N–H and O–H groups in total. The van der Waals surface area contributed by atoms with E-state index in [9.17, 15) is 21.9 Å². The van der Waals surface area contributed by atoms with Gasteiger partial charge in [0.25, 0.3) is 0 Å². The quantitative estimate of drug-likeness (QED) is 0.513. The Labute approximate surface area is 70.0 Å². The number of alkyl halides is 3. The number of halogens is 3. The molecular weight excluding hydrogens is 196 g/mol. The lowest BCUT2D eigenvalue weighted by molar-refractivity contribution is -0.0608. The van der Waals surface area contributed by atoms with Crippen LogP contribution in [0.2, 0.25) is 5.82 Å². The standard InChI is InChI=1S/C4H9BF3O3S/c1-3(2)5-11-12(9,10)4(6,7)8/h3H,5H2,1-2H3. The number of rotatable bonds is 3. The van der Waals surface area contributed by atoms with Gasteiger partial charge in [-0.3, -0.25) is 0 Å². The largest absolute Gasteiger partial charge is 0.640 e. The summed E-state index contributed by atoms with van der Waals surface area (Å²) in [5.74, 6) is -0.137. The first kappa shape index (κ1) is 11.9. The van der Waals surface area contributed by atoms with E-state index < -0.39 is 23.5 Å². The summed E-state index contributed by atoms with van der Waals surface area (Å²) in [7, 11) is -6.86. The molecule has 73 valence electrons. The molecule has 0 aliphatic rings. The topological polar surface area (TPSA) is 46.2 Å². The first-order valence-corrected chi connectivity index (χ1v) is 4.82. The Kier molecular flexibility index (Phi) is 3.73. The molecule has 0 fully saturated rings. The van der Waals surface area contributed by atoms with Crippen LogP contribution in [0.4, 0.5) is 13.2 Å². The van der Waals surface area contributed by atoms with Crippen LogP contribution in [0, 0.1) is 0 Å². The first-order valence-electron chi connectivity index (χ1n) is 3.41. The highest BCUT2D eigenvalue weighted by atomic mass is 32.3. The normalized spacial score (nSPS) is 17.9. The lowest BCUT2D eigenvalue weighted by atomic mass is 9.85. The van der Waals surface area contributed by atoms with Crippen LogP contribution in [0.3, 0.4) is 0 Å². The predicted molar refractivity (Wildman–Crippen MR) is 39.5 cm³/mol. The molecule has 8 heteroatoms. The van der Waals surface area contributed by atoms with Crippen molar-refractivity contribution >= 4 is 18.0 Å². The molecule has 0 aromatic rings. The van der Waals surface area contributed by atoms with E-state index in [1.807, 2.05) is 0 Å². The Bertz CT molecular complexity index is 192. The molecule has 0 saturated carbocycles. The third-order valence-corrected chi connectivity index (χ3v) is 2.27. The summed E-state index contributed by atoms with van der Waals surface area (Å²) in [4.78, 5) is 0. The Morgan fingerprint density at radius 1 is 1.42 bits per heavy atom. The molecule has 0 aliphatic carbocycles. The zero-order valence-corrected chi connectivity index (χ0v) is 7.66. The van der Waals surface area contributed by atoms with E-state index in [-0.39, 0.29) is 5.82 Å². The average Bonchev–Trinajstić information content (AvgIpc) is 1.81. The van der Waals surface area contributed by atoms with Crippen molar-refractivity contribution in [1.29, 1.82) is 0 Å². The average molecular weight is 205 g/mol. The van der Waals surface area contributed by atoms with E-state index in [2.05, 4.69) is 4.10 Å². The summed E-state index contributed by atoms with van der Waals surface area (Å²) >= 11 is 0. The van der Waals surface area contributed by atoms with Gasteiger partial charge in [0.1, 0.15) is 0 Å². The Hall–Kier alpha value is -0.0751. The van der Waals surface area contributed by atoms with Crippen molar-refractivity contribution in [1.82, 2.24) is 0 Å². The van der Waals surface area contributed by atoms with Gasteiger partial charge in [-0.25, -0.2) is 0 Å². The van der Waals surface area contributed by atoms with Crippen LogP contribution < -0.4 is 0 Å². The molecule has 0 aliphatic heterocycles. The highest BCUT2D eigenvalue weighted by molar-refractivity contribution is 7.94. The van der Waals surface area contributed by atoms with E-state index >= 15 is 0 Å². The van der Waals surface area contributed by atoms with Crippen molar-refractivity contribution in [3.63, 3.8) is 0 Å². The molecule has 12 heavy (non-hydrogen) atoms. The van der Waals surface area contributed by atoms with Gasteiger partial charge in [0.05, 0.1) is 4.55 Å². The summed E-state index contributed by atoms with van der Waals surface area (Å²) in [6.45, 7) is 3.21. The molecule has 1 unspecified atom stereocenters. The number of hydrogen-bond donors (Lipinski definition) is 0. The van der Waals surface area contributed by atoms with Crippen LogP contribution in [-0.2, 0) is 23.4 Å². The van der Waals surface area contributed by atoms with Gasteiger partial charge in [0.15, 0.2) is 7.48 Å². The molecule has 0 amide bonds. The minimum atomic E-state index is -5.34.